The van der Waals surface area contributed by atoms with Gasteiger partial charge in [-0.1, -0.05) is 6.07 Å². The molecule has 0 saturated carbocycles. The molecule has 1 fully saturated rings. The number of carbonyl (C=O) groups excluding carboxylic acids is 3. The van der Waals surface area contributed by atoms with E-state index in [1.54, 1.807) is 45.7 Å². The van der Waals surface area contributed by atoms with E-state index in [2.05, 4.69) is 5.32 Å². The number of nitrogens with zero attached hydrogens (tertiary/aromatic N) is 2. The Morgan fingerprint density at radius 3 is 2.41 bits per heavy atom. The number of hydrogen-bond donors (Lipinski definition) is 1. The maximum Gasteiger partial charge on any atom is 0.254 e. The minimum atomic E-state index is -0.406. The predicted octanol–water partition coefficient (Wildman–Crippen LogP) is 1.91. The molecule has 2 aromatic rings. The van der Waals surface area contributed by atoms with E-state index in [1.807, 2.05) is 0 Å². The van der Waals surface area contributed by atoms with E-state index in [1.165, 1.54) is 17.4 Å². The Kier molecular flexibility index (Phi) is 5.85. The van der Waals surface area contributed by atoms with Crippen LogP contribution in [0.1, 0.15) is 26.3 Å². The second-order valence-electron chi connectivity index (χ2n) is 6.33. The molecule has 1 aromatic heterocycles. The third-order valence-electron chi connectivity index (χ3n) is 4.52. The van der Waals surface area contributed by atoms with Crippen molar-refractivity contribution in [3.05, 3.63) is 57.5 Å². The van der Waals surface area contributed by atoms with Crippen molar-refractivity contribution < 1.29 is 18.8 Å². The summed E-state index contributed by atoms with van der Waals surface area (Å²) in [5.41, 5.74) is 1.33. The van der Waals surface area contributed by atoms with Crippen LogP contribution in [0, 0.1) is 12.7 Å². The Labute approximate surface area is 160 Å². The maximum absolute atomic E-state index is 13.7. The Hall–Kier alpha value is -2.74. The molecule has 6 nitrogen and oxygen atoms in total. The van der Waals surface area contributed by atoms with Gasteiger partial charge in [-0.2, -0.15) is 11.3 Å². The Bertz CT molecular complexity index is 846. The third kappa shape index (κ3) is 4.51. The smallest absolute Gasteiger partial charge is 0.254 e. The SMILES string of the molecule is Cc1ccc(C(=O)N2CCN(C(=O)CNC(=O)c3ccsc3)CC2)cc1F. The lowest BCUT2D eigenvalue weighted by Gasteiger charge is -2.35. The highest BCUT2D eigenvalue weighted by atomic mass is 32.1. The molecule has 142 valence electrons. The molecular weight excluding hydrogens is 369 g/mol. The molecule has 0 atom stereocenters. The summed E-state index contributed by atoms with van der Waals surface area (Å²) in [5.74, 6) is -1.12. The Morgan fingerprint density at radius 1 is 1.07 bits per heavy atom. The Morgan fingerprint density at radius 2 is 1.78 bits per heavy atom. The first-order chi connectivity index (χ1) is 13.0. The lowest BCUT2D eigenvalue weighted by atomic mass is 10.1. The summed E-state index contributed by atoms with van der Waals surface area (Å²) in [4.78, 5) is 39.9. The van der Waals surface area contributed by atoms with Gasteiger partial charge in [-0.3, -0.25) is 14.4 Å². The van der Waals surface area contributed by atoms with E-state index in [0.717, 1.165) is 0 Å². The van der Waals surface area contributed by atoms with Gasteiger partial charge in [-0.05, 0) is 36.1 Å². The molecule has 0 aliphatic carbocycles. The number of aryl methyl sites for hydroxylation is 1. The molecule has 1 saturated heterocycles. The summed E-state index contributed by atoms with van der Waals surface area (Å²) in [7, 11) is 0. The van der Waals surface area contributed by atoms with Gasteiger partial charge in [0.25, 0.3) is 11.8 Å². The molecule has 0 radical (unpaired) electrons. The summed E-state index contributed by atoms with van der Waals surface area (Å²) in [6, 6.07) is 6.13. The van der Waals surface area contributed by atoms with Gasteiger partial charge in [0.2, 0.25) is 5.91 Å². The topological polar surface area (TPSA) is 69.7 Å². The Balaban J connectivity index is 1.49. The number of nitrogens with one attached hydrogen (secondary N) is 1. The molecule has 0 spiro atoms. The van der Waals surface area contributed by atoms with Gasteiger partial charge >= 0.3 is 0 Å². The zero-order valence-electron chi connectivity index (χ0n) is 14.9. The second-order valence-corrected chi connectivity index (χ2v) is 7.11. The van der Waals surface area contributed by atoms with E-state index in [0.29, 0.717) is 42.9 Å². The van der Waals surface area contributed by atoms with Crippen molar-refractivity contribution in [1.29, 1.82) is 0 Å². The van der Waals surface area contributed by atoms with Crippen LogP contribution in [0.3, 0.4) is 0 Å². The van der Waals surface area contributed by atoms with Crippen molar-refractivity contribution in [2.75, 3.05) is 32.7 Å². The van der Waals surface area contributed by atoms with Crippen LogP contribution in [0.15, 0.2) is 35.0 Å². The first-order valence-electron chi connectivity index (χ1n) is 8.59. The summed E-state index contributed by atoms with van der Waals surface area (Å²) in [6.07, 6.45) is 0. The van der Waals surface area contributed by atoms with Crippen LogP contribution in [0.2, 0.25) is 0 Å². The second kappa shape index (κ2) is 8.30. The zero-order valence-corrected chi connectivity index (χ0v) is 15.7. The molecule has 1 aliphatic heterocycles. The number of thiophene rings is 1. The molecule has 0 bridgehead atoms. The van der Waals surface area contributed by atoms with Gasteiger partial charge in [0.05, 0.1) is 6.54 Å². The highest BCUT2D eigenvalue weighted by molar-refractivity contribution is 7.08. The predicted molar refractivity (Wildman–Crippen MR) is 100 cm³/mol. The van der Waals surface area contributed by atoms with E-state index >= 15 is 0 Å². The van der Waals surface area contributed by atoms with Gasteiger partial charge in [0.15, 0.2) is 0 Å². The quantitative estimate of drug-likeness (QED) is 0.869. The van der Waals surface area contributed by atoms with Crippen LogP contribution in [0.4, 0.5) is 4.39 Å². The first kappa shape index (κ1) is 19.0. The number of halogens is 1. The number of amides is 3. The average Bonchev–Trinajstić information content (AvgIpc) is 3.22. The summed E-state index contributed by atoms with van der Waals surface area (Å²) < 4.78 is 13.7. The molecule has 1 N–H and O–H groups in total. The largest absolute Gasteiger partial charge is 0.343 e. The van der Waals surface area contributed by atoms with Crippen LogP contribution >= 0.6 is 11.3 Å². The fourth-order valence-corrected chi connectivity index (χ4v) is 3.47. The lowest BCUT2D eigenvalue weighted by Crippen LogP contribution is -2.52. The van der Waals surface area contributed by atoms with Crippen molar-refractivity contribution in [2.24, 2.45) is 0 Å². The van der Waals surface area contributed by atoms with Crippen molar-refractivity contribution in [3.8, 4) is 0 Å². The molecule has 1 aliphatic rings. The monoisotopic (exact) mass is 389 g/mol. The lowest BCUT2D eigenvalue weighted by molar-refractivity contribution is -0.131. The van der Waals surface area contributed by atoms with Crippen molar-refractivity contribution in [1.82, 2.24) is 15.1 Å². The average molecular weight is 389 g/mol. The maximum atomic E-state index is 13.7. The highest BCUT2D eigenvalue weighted by Gasteiger charge is 2.25. The number of benzene rings is 1. The molecule has 27 heavy (non-hydrogen) atoms. The van der Waals surface area contributed by atoms with Crippen LogP contribution in [-0.2, 0) is 4.79 Å². The van der Waals surface area contributed by atoms with Crippen molar-refractivity contribution in [2.45, 2.75) is 6.92 Å². The first-order valence-corrected chi connectivity index (χ1v) is 9.53. The fourth-order valence-electron chi connectivity index (χ4n) is 2.83. The van der Waals surface area contributed by atoms with Crippen molar-refractivity contribution in [3.63, 3.8) is 0 Å². The van der Waals surface area contributed by atoms with Gasteiger partial charge < -0.3 is 15.1 Å². The third-order valence-corrected chi connectivity index (χ3v) is 5.21. The highest BCUT2D eigenvalue weighted by Crippen LogP contribution is 2.13. The van der Waals surface area contributed by atoms with Gasteiger partial charge in [0.1, 0.15) is 5.82 Å². The zero-order chi connectivity index (χ0) is 19.4. The van der Waals surface area contributed by atoms with Gasteiger partial charge in [-0.15, -0.1) is 0 Å². The van der Waals surface area contributed by atoms with Crippen LogP contribution in [-0.4, -0.2) is 60.2 Å². The van der Waals surface area contributed by atoms with Crippen LogP contribution in [0.5, 0.6) is 0 Å². The van der Waals surface area contributed by atoms with Crippen LogP contribution < -0.4 is 5.32 Å². The number of hydrogen-bond acceptors (Lipinski definition) is 4. The molecule has 0 unspecified atom stereocenters. The summed E-state index contributed by atoms with van der Waals surface area (Å²) in [6.45, 7) is 3.08. The van der Waals surface area contributed by atoms with Crippen LogP contribution in [0.25, 0.3) is 0 Å². The molecule has 1 aromatic carbocycles. The molecule has 2 heterocycles. The molecule has 3 amide bonds. The van der Waals surface area contributed by atoms with E-state index in [4.69, 9.17) is 0 Å². The number of carbonyl (C=O) groups is 3. The number of piperazine rings is 1. The normalized spacial score (nSPS) is 14.1. The van der Waals surface area contributed by atoms with E-state index in [9.17, 15) is 18.8 Å². The van der Waals surface area contributed by atoms with Gasteiger partial charge in [-0.25, -0.2) is 4.39 Å². The van der Waals surface area contributed by atoms with E-state index in [-0.39, 0.29) is 24.3 Å². The van der Waals surface area contributed by atoms with Crippen molar-refractivity contribution >= 4 is 29.1 Å². The van der Waals surface area contributed by atoms with E-state index < -0.39 is 5.82 Å². The fraction of sp³-hybridized carbons (Fsp3) is 0.316. The van der Waals surface area contributed by atoms with Gasteiger partial charge in [0, 0.05) is 42.7 Å². The standard InChI is InChI=1S/C19H20FN3O3S/c1-13-2-3-14(10-16(13)20)19(26)23-7-5-22(6-8-23)17(24)11-21-18(25)15-4-9-27-12-15/h2-4,9-10,12H,5-8,11H2,1H3,(H,21,25). The molecule has 3 rings (SSSR count). The minimum Gasteiger partial charge on any atom is -0.343 e. The molecular formula is C19H20FN3O3S. The number of rotatable bonds is 4. The molecule has 8 heteroatoms. The summed E-state index contributed by atoms with van der Waals surface area (Å²) in [5, 5.41) is 6.13. The summed E-state index contributed by atoms with van der Waals surface area (Å²) >= 11 is 1.42. The minimum absolute atomic E-state index is 0.0776.